The molecule has 0 aliphatic heterocycles. The Balaban J connectivity index is 2.00. The highest BCUT2D eigenvalue weighted by atomic mass is 19.3. The molecular formula is C21H23F3N2O2. The minimum absolute atomic E-state index is 0.0129. The number of aromatic nitrogens is 2. The summed E-state index contributed by atoms with van der Waals surface area (Å²) in [6, 6.07) is 6.89. The van der Waals surface area contributed by atoms with Crippen LogP contribution in [0.3, 0.4) is 0 Å². The second-order valence-electron chi connectivity index (χ2n) is 7.75. The van der Waals surface area contributed by atoms with Gasteiger partial charge < -0.3 is 14.8 Å². The summed E-state index contributed by atoms with van der Waals surface area (Å²) < 4.78 is 50.1. The number of fused-ring (bicyclic) bond motifs is 1. The van der Waals surface area contributed by atoms with Gasteiger partial charge in [-0.15, -0.1) is 0 Å². The first-order valence-corrected chi connectivity index (χ1v) is 8.85. The van der Waals surface area contributed by atoms with Gasteiger partial charge in [0.25, 0.3) is 5.92 Å². The van der Waals surface area contributed by atoms with Gasteiger partial charge in [0.15, 0.2) is 0 Å². The molecule has 7 heteroatoms. The summed E-state index contributed by atoms with van der Waals surface area (Å²) in [5.41, 5.74) is -3.13. The van der Waals surface area contributed by atoms with Crippen molar-refractivity contribution >= 4 is 10.9 Å². The van der Waals surface area contributed by atoms with Crippen LogP contribution < -0.4 is 4.74 Å². The molecule has 0 aliphatic carbocycles. The van der Waals surface area contributed by atoms with E-state index in [4.69, 9.17) is 4.74 Å². The maximum atomic E-state index is 15.6. The highest BCUT2D eigenvalue weighted by Gasteiger charge is 2.60. The summed E-state index contributed by atoms with van der Waals surface area (Å²) in [7, 11) is 1.33. The molecule has 0 saturated carbocycles. The van der Waals surface area contributed by atoms with Crippen LogP contribution in [-0.2, 0) is 11.8 Å². The average Bonchev–Trinajstić information content (AvgIpc) is 3.02. The lowest BCUT2D eigenvalue weighted by atomic mass is 9.70. The van der Waals surface area contributed by atoms with Gasteiger partial charge in [0.1, 0.15) is 17.2 Å². The van der Waals surface area contributed by atoms with Crippen LogP contribution >= 0.6 is 0 Å². The largest absolute Gasteiger partial charge is 0.496 e. The lowest BCUT2D eigenvalue weighted by Crippen LogP contribution is -2.58. The summed E-state index contributed by atoms with van der Waals surface area (Å²) >= 11 is 0. The normalized spacial score (nSPS) is 14.9. The maximum Gasteiger partial charge on any atom is 0.285 e. The third-order valence-corrected chi connectivity index (χ3v) is 5.31. The number of aromatic amines is 1. The van der Waals surface area contributed by atoms with E-state index in [9.17, 15) is 9.50 Å². The smallest absolute Gasteiger partial charge is 0.285 e. The van der Waals surface area contributed by atoms with Gasteiger partial charge >= 0.3 is 0 Å². The van der Waals surface area contributed by atoms with Gasteiger partial charge in [-0.05, 0) is 51.1 Å². The number of rotatable bonds is 6. The lowest BCUT2D eigenvalue weighted by Gasteiger charge is -2.43. The molecule has 0 fully saturated rings. The molecule has 0 saturated heterocycles. The van der Waals surface area contributed by atoms with Crippen molar-refractivity contribution in [2.24, 2.45) is 0 Å². The van der Waals surface area contributed by atoms with Crippen molar-refractivity contribution in [3.05, 3.63) is 59.8 Å². The van der Waals surface area contributed by atoms with E-state index >= 15 is 8.78 Å². The van der Waals surface area contributed by atoms with Crippen LogP contribution in [0, 0.1) is 5.82 Å². The molecular weight excluding hydrogens is 369 g/mol. The highest BCUT2D eigenvalue weighted by Crippen LogP contribution is 2.49. The number of hydrogen-bond donors (Lipinski definition) is 2. The number of aliphatic hydroxyl groups is 1. The predicted octanol–water partition coefficient (Wildman–Crippen LogP) is 4.62. The quantitative estimate of drug-likeness (QED) is 0.644. The van der Waals surface area contributed by atoms with Crippen molar-refractivity contribution < 1.29 is 23.0 Å². The van der Waals surface area contributed by atoms with Crippen molar-refractivity contribution in [1.82, 2.24) is 9.97 Å². The van der Waals surface area contributed by atoms with E-state index in [0.717, 1.165) is 30.0 Å². The molecule has 0 aliphatic rings. The molecule has 0 amide bonds. The van der Waals surface area contributed by atoms with Crippen LogP contribution in [0.2, 0.25) is 0 Å². The van der Waals surface area contributed by atoms with Crippen LogP contribution in [0.25, 0.3) is 10.9 Å². The van der Waals surface area contributed by atoms with Crippen LogP contribution in [-0.4, -0.2) is 33.7 Å². The molecule has 1 aromatic carbocycles. The molecule has 2 heterocycles. The second-order valence-corrected chi connectivity index (χ2v) is 7.75. The van der Waals surface area contributed by atoms with Crippen molar-refractivity contribution in [3.63, 3.8) is 0 Å². The van der Waals surface area contributed by atoms with Crippen molar-refractivity contribution in [1.29, 1.82) is 0 Å². The molecule has 3 rings (SSSR count). The van der Waals surface area contributed by atoms with Crippen LogP contribution in [0.15, 0.2) is 42.7 Å². The fraction of sp³-hybridized carbons (Fsp3) is 0.381. The Morgan fingerprint density at radius 3 is 2.50 bits per heavy atom. The number of nitrogens with zero attached hydrogens (tertiary/aromatic N) is 1. The van der Waals surface area contributed by atoms with E-state index in [2.05, 4.69) is 9.97 Å². The van der Waals surface area contributed by atoms with E-state index in [1.165, 1.54) is 27.0 Å². The third kappa shape index (κ3) is 3.24. The minimum atomic E-state index is -3.61. The first kappa shape index (κ1) is 20.2. The number of pyridine rings is 1. The number of halogens is 3. The Labute approximate surface area is 161 Å². The molecule has 1 atom stereocenters. The summed E-state index contributed by atoms with van der Waals surface area (Å²) in [4.78, 5) is 7.03. The monoisotopic (exact) mass is 392 g/mol. The molecule has 0 radical (unpaired) electrons. The molecule has 3 aromatic rings. The number of alkyl halides is 2. The van der Waals surface area contributed by atoms with Crippen LogP contribution in [0.1, 0.15) is 32.0 Å². The van der Waals surface area contributed by atoms with Gasteiger partial charge in [0, 0.05) is 41.0 Å². The molecule has 150 valence electrons. The van der Waals surface area contributed by atoms with Gasteiger partial charge in [-0.25, -0.2) is 13.2 Å². The van der Waals surface area contributed by atoms with E-state index in [0.29, 0.717) is 5.69 Å². The molecule has 4 nitrogen and oxygen atoms in total. The number of H-pyrrole nitrogens is 1. The summed E-state index contributed by atoms with van der Waals surface area (Å²) in [6.45, 7) is 3.63. The number of nitrogens with one attached hydrogen (secondary N) is 1. The fourth-order valence-electron chi connectivity index (χ4n) is 3.62. The number of benzene rings is 1. The summed E-state index contributed by atoms with van der Waals surface area (Å²) in [6.07, 6.45) is 2.88. The molecule has 1 unspecified atom stereocenters. The van der Waals surface area contributed by atoms with Crippen LogP contribution in [0.5, 0.6) is 5.75 Å². The van der Waals surface area contributed by atoms with Crippen molar-refractivity contribution in [3.8, 4) is 5.75 Å². The van der Waals surface area contributed by atoms with E-state index in [1.54, 1.807) is 24.5 Å². The van der Waals surface area contributed by atoms with E-state index in [-0.39, 0.29) is 17.7 Å². The lowest BCUT2D eigenvalue weighted by molar-refractivity contribution is -0.207. The molecule has 2 N–H and O–H groups in total. The number of methoxy groups -OCH3 is 1. The van der Waals surface area contributed by atoms with Gasteiger partial charge in [0.2, 0.25) is 0 Å². The standard InChI is InChI=1S/C21H23F3N2O2/c1-19(2,16-10-14(22)5-6-18(16)28-4)21(23,24)20(3,27)11-15-9-13-12-25-8-7-17(13)26-15/h5-10,12,26-27H,11H2,1-4H3. The summed E-state index contributed by atoms with van der Waals surface area (Å²) in [5.74, 6) is -4.13. The number of ether oxygens (including phenoxy) is 1. The zero-order chi connectivity index (χ0) is 20.7. The zero-order valence-electron chi connectivity index (χ0n) is 16.2. The third-order valence-electron chi connectivity index (χ3n) is 5.31. The molecule has 0 bridgehead atoms. The fourth-order valence-corrected chi connectivity index (χ4v) is 3.62. The first-order valence-electron chi connectivity index (χ1n) is 8.85. The average molecular weight is 392 g/mol. The van der Waals surface area contributed by atoms with E-state index < -0.39 is 22.8 Å². The molecule has 2 aromatic heterocycles. The van der Waals surface area contributed by atoms with Crippen molar-refractivity contribution in [2.45, 2.75) is 44.1 Å². The van der Waals surface area contributed by atoms with Crippen molar-refractivity contribution in [2.75, 3.05) is 7.11 Å². The maximum absolute atomic E-state index is 15.6. The first-order chi connectivity index (χ1) is 13.0. The second kappa shape index (κ2) is 6.81. The topological polar surface area (TPSA) is 58.1 Å². The van der Waals surface area contributed by atoms with Gasteiger partial charge in [0.05, 0.1) is 12.5 Å². The van der Waals surface area contributed by atoms with Gasteiger partial charge in [-0.1, -0.05) is 0 Å². The van der Waals surface area contributed by atoms with Crippen LogP contribution in [0.4, 0.5) is 13.2 Å². The Morgan fingerprint density at radius 2 is 1.86 bits per heavy atom. The molecule has 28 heavy (non-hydrogen) atoms. The SMILES string of the molecule is COc1ccc(F)cc1C(C)(C)C(F)(F)C(C)(O)Cc1cc2cnccc2[nH]1. The summed E-state index contributed by atoms with van der Waals surface area (Å²) in [5, 5.41) is 11.6. The predicted molar refractivity (Wildman–Crippen MR) is 101 cm³/mol. The zero-order valence-corrected chi connectivity index (χ0v) is 16.2. The Bertz CT molecular complexity index is 963. The Hall–Kier alpha value is -2.54. The van der Waals surface area contributed by atoms with Gasteiger partial charge in [-0.3, -0.25) is 4.98 Å². The minimum Gasteiger partial charge on any atom is -0.496 e. The van der Waals surface area contributed by atoms with Gasteiger partial charge in [-0.2, -0.15) is 0 Å². The Kier molecular flexibility index (Phi) is 4.91. The number of hydrogen-bond acceptors (Lipinski definition) is 3. The molecule has 0 spiro atoms. The highest BCUT2D eigenvalue weighted by molar-refractivity contribution is 5.79. The Morgan fingerprint density at radius 1 is 1.14 bits per heavy atom. The van der Waals surface area contributed by atoms with E-state index in [1.807, 2.05) is 0 Å².